The second kappa shape index (κ2) is 12.9. The van der Waals surface area contributed by atoms with Gasteiger partial charge < -0.3 is 14.8 Å². The highest BCUT2D eigenvalue weighted by Crippen LogP contribution is 2.28. The zero-order valence-electron chi connectivity index (χ0n) is 20.8. The number of carbonyl (C=O) groups is 1. The number of ether oxygens (including phenoxy) is 2. The van der Waals surface area contributed by atoms with E-state index < -0.39 is 0 Å². The van der Waals surface area contributed by atoms with Gasteiger partial charge in [0.15, 0.2) is 11.5 Å². The van der Waals surface area contributed by atoms with Gasteiger partial charge in [0, 0.05) is 43.0 Å². The normalized spacial score (nSPS) is 10.9. The summed E-state index contributed by atoms with van der Waals surface area (Å²) in [5.41, 5.74) is 2.97. The van der Waals surface area contributed by atoms with Crippen molar-refractivity contribution < 1.29 is 18.7 Å². The molecular formula is C28H29FN4O3S. The van der Waals surface area contributed by atoms with Crippen LogP contribution in [0.4, 0.5) is 4.39 Å². The van der Waals surface area contributed by atoms with Crippen LogP contribution in [0.5, 0.6) is 11.5 Å². The Hall–Kier alpha value is -3.82. The Morgan fingerprint density at radius 2 is 1.86 bits per heavy atom. The zero-order chi connectivity index (χ0) is 26.0. The predicted octanol–water partition coefficient (Wildman–Crippen LogP) is 4.87. The minimum atomic E-state index is -0.242. The summed E-state index contributed by atoms with van der Waals surface area (Å²) in [5.74, 6) is 0.861. The maximum absolute atomic E-state index is 14.4. The first kappa shape index (κ1) is 26.2. The number of aromatic nitrogens is 2. The molecule has 192 valence electrons. The first-order valence-corrected chi connectivity index (χ1v) is 12.7. The molecule has 4 aromatic rings. The maximum Gasteiger partial charge on any atom is 0.271 e. The molecule has 0 bridgehead atoms. The third-order valence-electron chi connectivity index (χ3n) is 5.84. The summed E-state index contributed by atoms with van der Waals surface area (Å²) in [4.78, 5) is 23.3. The Morgan fingerprint density at radius 3 is 2.62 bits per heavy atom. The molecule has 0 saturated carbocycles. The highest BCUT2D eigenvalue weighted by molar-refractivity contribution is 7.09. The summed E-state index contributed by atoms with van der Waals surface area (Å²) in [5, 5.41) is 5.42. The van der Waals surface area contributed by atoms with Crippen molar-refractivity contribution in [3.63, 3.8) is 0 Å². The summed E-state index contributed by atoms with van der Waals surface area (Å²) < 4.78 is 25.2. The van der Waals surface area contributed by atoms with Crippen LogP contribution in [0.2, 0.25) is 0 Å². The average molecular weight is 521 g/mol. The van der Waals surface area contributed by atoms with Gasteiger partial charge in [0.25, 0.3) is 5.91 Å². The van der Waals surface area contributed by atoms with Gasteiger partial charge in [-0.05, 0) is 41.8 Å². The first-order chi connectivity index (χ1) is 18.1. The molecule has 0 saturated heterocycles. The molecule has 0 atom stereocenters. The van der Waals surface area contributed by atoms with Gasteiger partial charge in [0.05, 0.1) is 20.8 Å². The lowest BCUT2D eigenvalue weighted by molar-refractivity contribution is 0.0946. The van der Waals surface area contributed by atoms with Gasteiger partial charge in [-0.25, -0.2) is 9.37 Å². The molecular weight excluding hydrogens is 491 g/mol. The van der Waals surface area contributed by atoms with Gasteiger partial charge in [0.1, 0.15) is 16.5 Å². The first-order valence-electron chi connectivity index (χ1n) is 11.8. The molecule has 2 aromatic carbocycles. The van der Waals surface area contributed by atoms with E-state index in [1.54, 1.807) is 44.1 Å². The van der Waals surface area contributed by atoms with E-state index in [0.29, 0.717) is 48.9 Å². The third-order valence-corrected chi connectivity index (χ3v) is 6.67. The lowest BCUT2D eigenvalue weighted by Crippen LogP contribution is -2.26. The molecule has 0 aliphatic heterocycles. The number of hydrogen-bond acceptors (Lipinski definition) is 7. The van der Waals surface area contributed by atoms with Crippen molar-refractivity contribution in [3.8, 4) is 11.5 Å². The van der Waals surface area contributed by atoms with Gasteiger partial charge >= 0.3 is 0 Å². The third kappa shape index (κ3) is 7.34. The Kier molecular flexibility index (Phi) is 9.18. The summed E-state index contributed by atoms with van der Waals surface area (Å²) in [7, 11) is 3.22. The Labute approximate surface area is 219 Å². The number of hydrogen-bond donors (Lipinski definition) is 1. The van der Waals surface area contributed by atoms with Crippen LogP contribution in [0.1, 0.15) is 32.2 Å². The van der Waals surface area contributed by atoms with Crippen LogP contribution in [-0.2, 0) is 26.1 Å². The topological polar surface area (TPSA) is 76.6 Å². The molecule has 4 rings (SSSR count). The van der Waals surface area contributed by atoms with E-state index in [9.17, 15) is 9.18 Å². The smallest absolute Gasteiger partial charge is 0.271 e. The van der Waals surface area contributed by atoms with E-state index in [2.05, 4.69) is 20.2 Å². The van der Waals surface area contributed by atoms with Crippen LogP contribution < -0.4 is 14.8 Å². The zero-order valence-corrected chi connectivity index (χ0v) is 21.6. The Morgan fingerprint density at radius 1 is 1.03 bits per heavy atom. The molecule has 2 aromatic heterocycles. The average Bonchev–Trinajstić information content (AvgIpc) is 3.40. The van der Waals surface area contributed by atoms with E-state index in [4.69, 9.17) is 9.47 Å². The van der Waals surface area contributed by atoms with Crippen LogP contribution in [0.15, 0.2) is 72.4 Å². The van der Waals surface area contributed by atoms with Crippen molar-refractivity contribution in [2.75, 3.05) is 20.8 Å². The molecule has 0 aliphatic carbocycles. The molecule has 2 heterocycles. The van der Waals surface area contributed by atoms with E-state index in [0.717, 1.165) is 22.6 Å². The van der Waals surface area contributed by atoms with E-state index in [1.807, 2.05) is 36.4 Å². The number of halogens is 1. The molecule has 0 radical (unpaired) electrons. The van der Waals surface area contributed by atoms with Gasteiger partial charge in [-0.1, -0.05) is 30.3 Å². The standard InChI is InChI=1S/C28H29FN4O3S/c1-35-25-10-9-20(14-26(25)36-2)11-13-33(17-22-7-3-4-8-23(22)29)18-27-32-24(19-37-27)28(34)31-16-21-6-5-12-30-15-21/h3-10,12,14-15,19H,11,13,16-18H2,1-2H3,(H,31,34). The van der Waals surface area contributed by atoms with Crippen molar-refractivity contribution in [1.82, 2.24) is 20.2 Å². The SMILES string of the molecule is COc1ccc(CCN(Cc2nc(C(=O)NCc3cccnc3)cs2)Cc2ccccc2F)cc1OC. The quantitative estimate of drug-likeness (QED) is 0.287. The number of methoxy groups -OCH3 is 2. The molecule has 1 N–H and O–H groups in total. The fraction of sp³-hybridized carbons (Fsp3) is 0.250. The second-order valence-electron chi connectivity index (χ2n) is 8.41. The number of pyridine rings is 1. The van der Waals surface area contributed by atoms with Gasteiger partial charge in [-0.15, -0.1) is 11.3 Å². The number of thiazole rings is 1. The monoisotopic (exact) mass is 520 g/mol. The van der Waals surface area contributed by atoms with E-state index in [1.165, 1.54) is 17.4 Å². The summed E-state index contributed by atoms with van der Waals surface area (Å²) >= 11 is 1.42. The number of rotatable bonds is 12. The minimum absolute atomic E-state index is 0.239. The van der Waals surface area contributed by atoms with E-state index in [-0.39, 0.29) is 11.7 Å². The minimum Gasteiger partial charge on any atom is -0.493 e. The van der Waals surface area contributed by atoms with Gasteiger partial charge in [0.2, 0.25) is 0 Å². The maximum atomic E-state index is 14.4. The fourth-order valence-corrected chi connectivity index (χ4v) is 4.68. The number of amides is 1. The van der Waals surface area contributed by atoms with Crippen LogP contribution >= 0.6 is 11.3 Å². The summed E-state index contributed by atoms with van der Waals surface area (Å²) in [6.07, 6.45) is 4.13. The second-order valence-corrected chi connectivity index (χ2v) is 9.35. The molecule has 0 aliphatic rings. The molecule has 1 amide bonds. The highest BCUT2D eigenvalue weighted by atomic mass is 32.1. The molecule has 37 heavy (non-hydrogen) atoms. The van der Waals surface area contributed by atoms with Crippen LogP contribution in [0.3, 0.4) is 0 Å². The van der Waals surface area contributed by atoms with Crippen LogP contribution in [0, 0.1) is 5.82 Å². The highest BCUT2D eigenvalue weighted by Gasteiger charge is 2.16. The number of nitrogens with zero attached hydrogens (tertiary/aromatic N) is 3. The lowest BCUT2D eigenvalue weighted by atomic mass is 10.1. The largest absolute Gasteiger partial charge is 0.493 e. The van der Waals surface area contributed by atoms with Crippen LogP contribution in [0.25, 0.3) is 0 Å². The van der Waals surface area contributed by atoms with Crippen molar-refractivity contribution >= 4 is 17.2 Å². The number of carbonyl (C=O) groups excluding carboxylic acids is 1. The molecule has 0 unspecified atom stereocenters. The summed E-state index contributed by atoms with van der Waals surface area (Å²) in [6, 6.07) is 16.3. The molecule has 0 spiro atoms. The van der Waals surface area contributed by atoms with Crippen molar-refractivity contribution in [2.45, 2.75) is 26.1 Å². The van der Waals surface area contributed by atoms with Crippen LogP contribution in [-0.4, -0.2) is 41.5 Å². The van der Waals surface area contributed by atoms with Crippen molar-refractivity contribution in [1.29, 1.82) is 0 Å². The summed E-state index contributed by atoms with van der Waals surface area (Å²) in [6.45, 7) is 1.94. The predicted molar refractivity (Wildman–Crippen MR) is 141 cm³/mol. The fourth-order valence-electron chi connectivity index (χ4n) is 3.86. The molecule has 7 nitrogen and oxygen atoms in total. The number of nitrogens with one attached hydrogen (secondary N) is 1. The Bertz CT molecular complexity index is 1320. The van der Waals surface area contributed by atoms with Crippen molar-refractivity contribution in [3.05, 3.63) is 106 Å². The van der Waals surface area contributed by atoms with Gasteiger partial charge in [-0.2, -0.15) is 0 Å². The van der Waals surface area contributed by atoms with Crippen molar-refractivity contribution in [2.24, 2.45) is 0 Å². The molecule has 9 heteroatoms. The Balaban J connectivity index is 1.44. The number of benzene rings is 2. The lowest BCUT2D eigenvalue weighted by Gasteiger charge is -2.22. The molecule has 0 fully saturated rings. The van der Waals surface area contributed by atoms with Gasteiger partial charge in [-0.3, -0.25) is 14.7 Å². The van der Waals surface area contributed by atoms with E-state index >= 15 is 0 Å².